The molecule has 4 saturated heterocycles. The third kappa shape index (κ3) is 2.67. The zero-order valence-electron chi connectivity index (χ0n) is 15.1. The summed E-state index contributed by atoms with van der Waals surface area (Å²) in [6, 6.07) is 0. The summed E-state index contributed by atoms with van der Waals surface area (Å²) >= 11 is 0. The van der Waals surface area contributed by atoms with Crippen LogP contribution in [0, 0.1) is 23.7 Å². The van der Waals surface area contributed by atoms with Crippen molar-refractivity contribution >= 4 is 5.78 Å². The molecule has 5 aliphatic rings. The zero-order valence-corrected chi connectivity index (χ0v) is 15.1. The molecule has 4 heterocycles. The fourth-order valence-corrected chi connectivity index (χ4v) is 5.28. The number of fused-ring (bicyclic) bond motifs is 2. The van der Waals surface area contributed by atoms with Gasteiger partial charge in [-0.05, 0) is 38.0 Å². The summed E-state index contributed by atoms with van der Waals surface area (Å²) in [6.45, 7) is 5.53. The molecule has 2 bridgehead atoms. The van der Waals surface area contributed by atoms with Crippen LogP contribution in [-0.2, 0) is 28.8 Å². The molecule has 1 aliphatic carbocycles. The molecule has 0 aromatic carbocycles. The SMILES string of the molecule is C[C@H]1[C@@H](OCC(=O)CO)O[C@@H]2O[C@@]3(C)CC[C@H]4[C@H](C)CC[C@@H]1[C@@]24OO3. The van der Waals surface area contributed by atoms with Crippen molar-refractivity contribution in [1.82, 2.24) is 0 Å². The van der Waals surface area contributed by atoms with E-state index in [0.29, 0.717) is 11.8 Å². The van der Waals surface area contributed by atoms with Gasteiger partial charge in [0.2, 0.25) is 5.79 Å². The van der Waals surface area contributed by atoms with Crippen LogP contribution in [0.1, 0.15) is 46.5 Å². The Hall–Kier alpha value is -0.570. The van der Waals surface area contributed by atoms with Crippen LogP contribution < -0.4 is 0 Å². The second-order valence-corrected chi connectivity index (χ2v) is 8.28. The highest BCUT2D eigenvalue weighted by Gasteiger charge is 2.69. The molecule has 1 N–H and O–H groups in total. The van der Waals surface area contributed by atoms with Crippen molar-refractivity contribution in [2.45, 2.75) is 70.4 Å². The average molecular weight is 356 g/mol. The van der Waals surface area contributed by atoms with Gasteiger partial charge >= 0.3 is 0 Å². The first-order valence-electron chi connectivity index (χ1n) is 9.34. The first-order valence-corrected chi connectivity index (χ1v) is 9.34. The Morgan fingerprint density at radius 1 is 1.20 bits per heavy atom. The van der Waals surface area contributed by atoms with Crippen LogP contribution in [0.4, 0.5) is 0 Å². The summed E-state index contributed by atoms with van der Waals surface area (Å²) < 4.78 is 18.1. The van der Waals surface area contributed by atoms with E-state index in [1.807, 2.05) is 6.92 Å². The first kappa shape index (κ1) is 17.8. The van der Waals surface area contributed by atoms with E-state index < -0.39 is 30.6 Å². The van der Waals surface area contributed by atoms with Gasteiger partial charge in [-0.3, -0.25) is 4.79 Å². The standard InChI is InChI=1S/C18H28O7/c1-10-4-5-14-11(2)15(21-9-12(20)8-19)22-16-18(14)13(10)6-7-17(3,23-16)24-25-18/h10-11,13-16,19H,4-9H2,1-3H3/t10-,11-,13+,14+,15+,16-,17-,18-/m1/s1. The fourth-order valence-electron chi connectivity index (χ4n) is 5.28. The number of aliphatic hydroxyl groups is 1. The number of hydrogen-bond donors (Lipinski definition) is 1. The van der Waals surface area contributed by atoms with Gasteiger partial charge in [-0.2, -0.15) is 0 Å². The summed E-state index contributed by atoms with van der Waals surface area (Å²) in [6.07, 6.45) is 2.72. The van der Waals surface area contributed by atoms with Gasteiger partial charge in [-0.25, -0.2) is 9.78 Å². The number of aliphatic hydroxyl groups excluding tert-OH is 1. The zero-order chi connectivity index (χ0) is 17.8. The molecule has 7 heteroatoms. The summed E-state index contributed by atoms with van der Waals surface area (Å²) in [7, 11) is 0. The largest absolute Gasteiger partial charge is 0.388 e. The number of rotatable bonds is 4. The smallest absolute Gasteiger partial charge is 0.201 e. The Labute approximate surface area is 147 Å². The molecular formula is C18H28O7. The van der Waals surface area contributed by atoms with E-state index in [9.17, 15) is 4.79 Å². The fraction of sp³-hybridized carbons (Fsp3) is 0.944. The first-order chi connectivity index (χ1) is 11.9. The van der Waals surface area contributed by atoms with Crippen molar-refractivity contribution in [3.8, 4) is 0 Å². The van der Waals surface area contributed by atoms with Crippen LogP contribution in [-0.4, -0.2) is 48.1 Å². The number of ether oxygens (including phenoxy) is 3. The average Bonchev–Trinajstić information content (AvgIpc) is 2.82. The Morgan fingerprint density at radius 3 is 2.76 bits per heavy atom. The Morgan fingerprint density at radius 2 is 2.00 bits per heavy atom. The van der Waals surface area contributed by atoms with Crippen LogP contribution >= 0.6 is 0 Å². The van der Waals surface area contributed by atoms with Crippen LogP contribution in [0.2, 0.25) is 0 Å². The maximum absolute atomic E-state index is 11.4. The highest BCUT2D eigenvalue weighted by Crippen LogP contribution is 2.60. The molecule has 5 rings (SSSR count). The summed E-state index contributed by atoms with van der Waals surface area (Å²) in [5.74, 6) is -0.152. The molecule has 0 amide bonds. The van der Waals surface area contributed by atoms with Gasteiger partial charge in [0.15, 0.2) is 24.0 Å². The minimum Gasteiger partial charge on any atom is -0.388 e. The topological polar surface area (TPSA) is 83.5 Å². The number of hydrogen-bond acceptors (Lipinski definition) is 7. The molecular weight excluding hydrogens is 328 g/mol. The molecule has 8 atom stereocenters. The van der Waals surface area contributed by atoms with Crippen molar-refractivity contribution in [2.24, 2.45) is 23.7 Å². The maximum Gasteiger partial charge on any atom is 0.201 e. The van der Waals surface area contributed by atoms with E-state index >= 15 is 0 Å². The van der Waals surface area contributed by atoms with E-state index in [1.165, 1.54) is 0 Å². The van der Waals surface area contributed by atoms with E-state index in [2.05, 4.69) is 13.8 Å². The number of ketones is 1. The number of Topliss-reactive ketones (excluding diaryl/α,β-unsaturated/α-hetero) is 1. The summed E-state index contributed by atoms with van der Waals surface area (Å²) in [5.41, 5.74) is -0.617. The quantitative estimate of drug-likeness (QED) is 0.769. The van der Waals surface area contributed by atoms with Gasteiger partial charge in [0, 0.05) is 18.3 Å². The van der Waals surface area contributed by atoms with Gasteiger partial charge in [0.1, 0.15) is 13.2 Å². The van der Waals surface area contributed by atoms with Crippen molar-refractivity contribution in [1.29, 1.82) is 0 Å². The van der Waals surface area contributed by atoms with Crippen LogP contribution in [0.5, 0.6) is 0 Å². The van der Waals surface area contributed by atoms with E-state index in [4.69, 9.17) is 29.1 Å². The molecule has 0 radical (unpaired) electrons. The van der Waals surface area contributed by atoms with Gasteiger partial charge in [-0.15, -0.1) is 0 Å². The Balaban J connectivity index is 1.64. The highest BCUT2D eigenvalue weighted by molar-refractivity contribution is 5.80. The maximum atomic E-state index is 11.4. The Bertz CT molecular complexity index is 540. The van der Waals surface area contributed by atoms with Crippen molar-refractivity contribution in [2.75, 3.05) is 13.2 Å². The number of carbonyl (C=O) groups excluding carboxylic acids is 1. The molecule has 0 aromatic rings. The van der Waals surface area contributed by atoms with Gasteiger partial charge in [-0.1, -0.05) is 13.8 Å². The molecule has 1 saturated carbocycles. The Kier molecular flexibility index (Phi) is 4.46. The normalized spacial score (nSPS) is 51.7. The highest BCUT2D eigenvalue weighted by atomic mass is 17.3. The predicted molar refractivity (Wildman–Crippen MR) is 84.9 cm³/mol. The molecule has 0 aromatic heterocycles. The van der Waals surface area contributed by atoms with E-state index in [0.717, 1.165) is 25.7 Å². The lowest BCUT2D eigenvalue weighted by Crippen LogP contribution is -2.70. The van der Waals surface area contributed by atoms with E-state index in [-0.39, 0.29) is 24.2 Å². The third-order valence-electron chi connectivity index (χ3n) is 6.68. The van der Waals surface area contributed by atoms with Crippen molar-refractivity contribution in [3.63, 3.8) is 0 Å². The van der Waals surface area contributed by atoms with Gasteiger partial charge in [0.05, 0.1) is 0 Å². The van der Waals surface area contributed by atoms with Gasteiger partial charge in [0.25, 0.3) is 0 Å². The molecule has 25 heavy (non-hydrogen) atoms. The summed E-state index contributed by atoms with van der Waals surface area (Å²) in [5, 5.41) is 8.91. The lowest BCUT2D eigenvalue weighted by atomic mass is 9.58. The third-order valence-corrected chi connectivity index (χ3v) is 6.68. The lowest BCUT2D eigenvalue weighted by Gasteiger charge is -2.60. The number of carbonyl (C=O) groups is 1. The summed E-state index contributed by atoms with van der Waals surface area (Å²) in [4.78, 5) is 23.2. The van der Waals surface area contributed by atoms with Crippen LogP contribution in [0.3, 0.4) is 0 Å². The molecule has 1 spiro atoms. The lowest BCUT2D eigenvalue weighted by molar-refractivity contribution is -0.577. The van der Waals surface area contributed by atoms with Crippen LogP contribution in [0.15, 0.2) is 0 Å². The molecule has 4 aliphatic heterocycles. The molecule has 142 valence electrons. The molecule has 5 fully saturated rings. The van der Waals surface area contributed by atoms with Crippen molar-refractivity contribution in [3.05, 3.63) is 0 Å². The predicted octanol–water partition coefficient (Wildman–Crippen LogP) is 1.77. The monoisotopic (exact) mass is 356 g/mol. The van der Waals surface area contributed by atoms with Crippen molar-refractivity contribution < 1.29 is 33.9 Å². The van der Waals surface area contributed by atoms with E-state index in [1.54, 1.807) is 0 Å². The minimum absolute atomic E-state index is 0.0346. The van der Waals surface area contributed by atoms with Crippen LogP contribution in [0.25, 0.3) is 0 Å². The second-order valence-electron chi connectivity index (χ2n) is 8.28. The van der Waals surface area contributed by atoms with Gasteiger partial charge < -0.3 is 19.3 Å². The molecule has 7 nitrogen and oxygen atoms in total. The molecule has 0 unspecified atom stereocenters. The second kappa shape index (κ2) is 6.25. The minimum atomic E-state index is -0.816.